The molecule has 2 aromatic carbocycles. The normalized spacial score (nSPS) is 27.6. The summed E-state index contributed by atoms with van der Waals surface area (Å²) in [6.45, 7) is 4.61. The van der Waals surface area contributed by atoms with Gasteiger partial charge in [0.25, 0.3) is 0 Å². The molecule has 0 radical (unpaired) electrons. The molecule has 1 aliphatic carbocycles. The molecule has 4 fully saturated rings. The molecule has 5 heterocycles. The summed E-state index contributed by atoms with van der Waals surface area (Å²) in [4.78, 5) is 18.2. The molecule has 3 saturated heterocycles. The van der Waals surface area contributed by atoms with E-state index in [4.69, 9.17) is 9.72 Å². The van der Waals surface area contributed by atoms with Gasteiger partial charge in [-0.15, -0.1) is 0 Å². The fourth-order valence-corrected chi connectivity index (χ4v) is 8.93. The molecule has 2 unspecified atom stereocenters. The Bertz CT molecular complexity index is 1860. The number of pyridine rings is 1. The molecule has 4 aliphatic rings. The highest BCUT2D eigenvalue weighted by atomic mass is 19.1. The van der Waals surface area contributed by atoms with Crippen LogP contribution in [-0.2, 0) is 6.42 Å². The average Bonchev–Trinajstić information content (AvgIpc) is 3.68. The molecule has 4 atom stereocenters. The molecule has 8 rings (SSSR count). The van der Waals surface area contributed by atoms with Crippen LogP contribution < -0.4 is 9.64 Å². The van der Waals surface area contributed by atoms with Crippen molar-refractivity contribution in [2.45, 2.75) is 63.6 Å². The number of hydrogen-bond donors (Lipinski definition) is 2. The maximum atomic E-state index is 16.8. The van der Waals surface area contributed by atoms with E-state index in [2.05, 4.69) is 19.8 Å². The van der Waals surface area contributed by atoms with Crippen molar-refractivity contribution in [2.75, 3.05) is 44.3 Å². The van der Waals surface area contributed by atoms with Gasteiger partial charge >= 0.3 is 6.01 Å². The standard InChI is InChI=1S/C35H38F3N5O3/c1-2-23-24-5-4-21(36)10-25(24)26(11-28(23)45)30-29(38)31-27(14-39-30)32(42-15-20-6-8-34(12-20,17-42)18-44)41-33(40-31)46-19-35-7-3-9-43(35)16-22(37)13-35/h4-5,10-11,14,20,22,44-45H,2-3,6-9,12-13,15-19H2,1H3/t20?,22-,34?,35+/m1/s1. The lowest BCUT2D eigenvalue weighted by Gasteiger charge is -2.40. The van der Waals surface area contributed by atoms with Crippen molar-refractivity contribution in [3.05, 3.63) is 47.7 Å². The van der Waals surface area contributed by atoms with Crippen LogP contribution in [0.1, 0.15) is 51.0 Å². The van der Waals surface area contributed by atoms with Crippen LogP contribution in [0.3, 0.4) is 0 Å². The quantitative estimate of drug-likeness (QED) is 0.258. The fourth-order valence-electron chi connectivity index (χ4n) is 8.93. The van der Waals surface area contributed by atoms with Crippen molar-refractivity contribution in [3.63, 3.8) is 0 Å². The van der Waals surface area contributed by atoms with Crippen molar-refractivity contribution in [3.8, 4) is 23.0 Å². The van der Waals surface area contributed by atoms with Crippen molar-refractivity contribution >= 4 is 27.5 Å². The van der Waals surface area contributed by atoms with Crippen LogP contribution in [0.15, 0.2) is 30.5 Å². The van der Waals surface area contributed by atoms with Crippen LogP contribution in [0, 0.1) is 23.0 Å². The molecule has 46 heavy (non-hydrogen) atoms. The number of rotatable bonds is 7. The number of aryl methyl sites for hydroxylation is 1. The number of aromatic hydroxyl groups is 1. The Kier molecular flexibility index (Phi) is 7.06. The first-order valence-corrected chi connectivity index (χ1v) is 16.4. The Labute approximate surface area is 265 Å². The van der Waals surface area contributed by atoms with Gasteiger partial charge < -0.3 is 19.8 Å². The molecule has 1 saturated carbocycles. The number of halogens is 3. The first-order chi connectivity index (χ1) is 22.2. The lowest BCUT2D eigenvalue weighted by atomic mass is 9.83. The Morgan fingerprint density at radius 1 is 1.07 bits per heavy atom. The number of ether oxygens (including phenoxy) is 1. The van der Waals surface area contributed by atoms with E-state index in [1.54, 1.807) is 6.07 Å². The van der Waals surface area contributed by atoms with Gasteiger partial charge in [-0.05, 0) is 80.0 Å². The van der Waals surface area contributed by atoms with Crippen LogP contribution in [0.2, 0.25) is 0 Å². The number of anilines is 1. The number of fused-ring (bicyclic) bond motifs is 5. The van der Waals surface area contributed by atoms with Gasteiger partial charge in [-0.3, -0.25) is 9.88 Å². The summed E-state index contributed by atoms with van der Waals surface area (Å²) >= 11 is 0. The third kappa shape index (κ3) is 4.68. The van der Waals surface area contributed by atoms with Gasteiger partial charge in [0.05, 0.1) is 17.5 Å². The second-order valence-electron chi connectivity index (χ2n) is 14.0. The van der Waals surface area contributed by atoms with E-state index in [0.29, 0.717) is 65.9 Å². The number of aliphatic hydroxyl groups excluding tert-OH is 1. The largest absolute Gasteiger partial charge is 0.508 e. The minimum atomic E-state index is -0.920. The van der Waals surface area contributed by atoms with Crippen LogP contribution in [-0.4, -0.2) is 81.2 Å². The minimum Gasteiger partial charge on any atom is -0.508 e. The number of piperidine rings is 1. The number of alkyl halides is 1. The maximum Gasteiger partial charge on any atom is 0.319 e. The molecule has 3 aliphatic heterocycles. The number of benzene rings is 2. The van der Waals surface area contributed by atoms with Gasteiger partial charge in [-0.2, -0.15) is 9.97 Å². The molecule has 0 spiro atoms. The van der Waals surface area contributed by atoms with Gasteiger partial charge in [0, 0.05) is 48.8 Å². The highest BCUT2D eigenvalue weighted by molar-refractivity contribution is 6.01. The molecular formula is C35H38F3N5O3. The van der Waals surface area contributed by atoms with E-state index in [1.165, 1.54) is 24.4 Å². The Morgan fingerprint density at radius 2 is 1.93 bits per heavy atom. The Hall–Kier alpha value is -3.70. The molecule has 11 heteroatoms. The molecule has 242 valence electrons. The topological polar surface area (TPSA) is 94.8 Å². The molecule has 4 aromatic rings. The predicted molar refractivity (Wildman–Crippen MR) is 169 cm³/mol. The zero-order chi connectivity index (χ0) is 31.8. The molecule has 8 nitrogen and oxygen atoms in total. The summed E-state index contributed by atoms with van der Waals surface area (Å²) in [5, 5.41) is 22.7. The van der Waals surface area contributed by atoms with Crippen LogP contribution >= 0.6 is 0 Å². The zero-order valence-corrected chi connectivity index (χ0v) is 25.9. The SMILES string of the molecule is CCc1c(O)cc(-c2ncc3c(N4CC5CCC(CO)(C5)C4)nc(OC[C@@]45CCCN4C[C@H](F)C5)nc3c2F)c2cc(F)ccc12. The van der Waals surface area contributed by atoms with Crippen molar-refractivity contribution in [1.82, 2.24) is 19.9 Å². The lowest BCUT2D eigenvalue weighted by Crippen LogP contribution is -2.45. The van der Waals surface area contributed by atoms with E-state index < -0.39 is 23.3 Å². The van der Waals surface area contributed by atoms with Crippen molar-refractivity contribution in [1.29, 1.82) is 0 Å². The Morgan fingerprint density at radius 3 is 2.76 bits per heavy atom. The summed E-state index contributed by atoms with van der Waals surface area (Å²) in [5.41, 5.74) is 0.131. The third-order valence-corrected chi connectivity index (χ3v) is 11.1. The third-order valence-electron chi connectivity index (χ3n) is 11.1. The van der Waals surface area contributed by atoms with Gasteiger partial charge in [0.1, 0.15) is 41.4 Å². The summed E-state index contributed by atoms with van der Waals surface area (Å²) in [6.07, 6.45) is 6.12. The first-order valence-electron chi connectivity index (χ1n) is 16.4. The van der Waals surface area contributed by atoms with Gasteiger partial charge in [-0.25, -0.2) is 13.2 Å². The summed E-state index contributed by atoms with van der Waals surface area (Å²) < 4.78 is 52.1. The maximum absolute atomic E-state index is 16.8. The van der Waals surface area contributed by atoms with E-state index in [9.17, 15) is 19.0 Å². The van der Waals surface area contributed by atoms with E-state index in [-0.39, 0.29) is 47.2 Å². The van der Waals surface area contributed by atoms with Crippen molar-refractivity contribution < 1.29 is 28.1 Å². The fraction of sp³-hybridized carbons (Fsp3) is 0.514. The van der Waals surface area contributed by atoms with E-state index in [1.807, 2.05) is 6.92 Å². The van der Waals surface area contributed by atoms with Gasteiger partial charge in [-0.1, -0.05) is 13.0 Å². The first kappa shape index (κ1) is 29.7. The minimum absolute atomic E-state index is 0.000137. The second kappa shape index (κ2) is 10.9. The summed E-state index contributed by atoms with van der Waals surface area (Å²) in [5.74, 6) is -0.380. The monoisotopic (exact) mass is 633 g/mol. The van der Waals surface area contributed by atoms with Crippen LogP contribution in [0.4, 0.5) is 19.0 Å². The van der Waals surface area contributed by atoms with E-state index >= 15 is 4.39 Å². The van der Waals surface area contributed by atoms with Crippen LogP contribution in [0.25, 0.3) is 32.9 Å². The number of aromatic nitrogens is 3. The smallest absolute Gasteiger partial charge is 0.319 e. The number of phenolic OH excluding ortho intramolecular Hbond substituents is 1. The summed E-state index contributed by atoms with van der Waals surface area (Å²) in [6, 6.07) is 5.68. The molecule has 2 bridgehead atoms. The van der Waals surface area contributed by atoms with E-state index in [0.717, 1.165) is 38.6 Å². The zero-order valence-electron chi connectivity index (χ0n) is 25.9. The molecular weight excluding hydrogens is 595 g/mol. The second-order valence-corrected chi connectivity index (χ2v) is 14.0. The number of aliphatic hydroxyl groups is 1. The highest BCUT2D eigenvalue weighted by Crippen LogP contribution is 2.48. The number of hydrogen-bond acceptors (Lipinski definition) is 8. The highest BCUT2D eigenvalue weighted by Gasteiger charge is 2.50. The Balaban J connectivity index is 1.27. The molecule has 2 N–H and O–H groups in total. The summed E-state index contributed by atoms with van der Waals surface area (Å²) in [7, 11) is 0. The van der Waals surface area contributed by atoms with Gasteiger partial charge in [0.2, 0.25) is 0 Å². The molecule has 2 aromatic heterocycles. The number of phenols is 1. The average molecular weight is 634 g/mol. The molecule has 0 amide bonds. The lowest BCUT2D eigenvalue weighted by molar-refractivity contribution is 0.107. The van der Waals surface area contributed by atoms with Crippen molar-refractivity contribution in [2.24, 2.45) is 11.3 Å². The predicted octanol–water partition coefficient (Wildman–Crippen LogP) is 5.95. The number of nitrogens with zero attached hydrogens (tertiary/aromatic N) is 5. The van der Waals surface area contributed by atoms with Gasteiger partial charge in [0.15, 0.2) is 5.82 Å². The van der Waals surface area contributed by atoms with Crippen LogP contribution in [0.5, 0.6) is 11.8 Å².